The van der Waals surface area contributed by atoms with E-state index in [1.807, 2.05) is 0 Å². The van der Waals surface area contributed by atoms with Crippen molar-refractivity contribution in [1.29, 1.82) is 0 Å². The molecule has 0 fully saturated rings. The van der Waals surface area contributed by atoms with Crippen LogP contribution in [0.25, 0.3) is 0 Å². The van der Waals surface area contributed by atoms with Gasteiger partial charge < -0.3 is 0 Å². The van der Waals surface area contributed by atoms with Gasteiger partial charge in [0.05, 0.1) is 0 Å². The molecular formula is C8H5ClN2O5. The monoisotopic (exact) mass is 244 g/mol. The first-order valence-electron chi connectivity index (χ1n) is 3.98. The molecule has 0 N–H and O–H groups in total. The van der Waals surface area contributed by atoms with Crippen LogP contribution in [0.1, 0.15) is 5.56 Å². The Morgan fingerprint density at radius 2 is 1.56 bits per heavy atom. The molecule has 0 saturated heterocycles. The highest BCUT2D eigenvalue weighted by Crippen LogP contribution is 2.28. The Kier molecular flexibility index (Phi) is 3.19. The highest BCUT2D eigenvalue weighted by atomic mass is 35.5. The smallest absolute Gasteiger partial charge is 0.264 e. The lowest BCUT2D eigenvalue weighted by Gasteiger charge is -2.12. The molecule has 1 aromatic rings. The molecule has 0 aromatic heterocycles. The first kappa shape index (κ1) is 12.1. The van der Waals surface area contributed by atoms with Gasteiger partial charge in [-0.15, -0.1) is 0 Å². The third-order valence-electron chi connectivity index (χ3n) is 1.98. The van der Waals surface area contributed by atoms with E-state index in [1.54, 1.807) is 0 Å². The summed E-state index contributed by atoms with van der Waals surface area (Å²) in [5.41, 5.74) is -3.52. The highest BCUT2D eigenvalue weighted by Gasteiger charge is 2.65. The van der Waals surface area contributed by atoms with Gasteiger partial charge in [-0.3, -0.25) is 25.0 Å². The van der Waals surface area contributed by atoms with Crippen molar-refractivity contribution in [2.24, 2.45) is 0 Å². The molecule has 0 amide bonds. The van der Waals surface area contributed by atoms with Crippen molar-refractivity contribution < 1.29 is 14.6 Å². The van der Waals surface area contributed by atoms with Crippen molar-refractivity contribution in [2.75, 3.05) is 0 Å². The topological polar surface area (TPSA) is 103 Å². The number of carbonyl (C=O) groups excluding carboxylic acids is 1. The van der Waals surface area contributed by atoms with Crippen LogP contribution >= 0.6 is 11.6 Å². The molecule has 0 saturated carbocycles. The van der Waals surface area contributed by atoms with E-state index in [0.717, 1.165) is 12.1 Å². The van der Waals surface area contributed by atoms with Gasteiger partial charge in [0.15, 0.2) is 0 Å². The number of hydrogen-bond acceptors (Lipinski definition) is 5. The third kappa shape index (κ3) is 1.61. The molecule has 84 valence electrons. The van der Waals surface area contributed by atoms with Gasteiger partial charge in [-0.25, -0.2) is 0 Å². The Bertz CT molecular complexity index is 411. The van der Waals surface area contributed by atoms with Crippen LogP contribution < -0.4 is 0 Å². The average Bonchev–Trinajstić information content (AvgIpc) is 2.18. The lowest BCUT2D eigenvalue weighted by molar-refractivity contribution is -0.787. The Morgan fingerprint density at radius 3 is 1.88 bits per heavy atom. The minimum absolute atomic E-state index is 0.384. The molecule has 0 atom stereocenters. The van der Waals surface area contributed by atoms with Gasteiger partial charge in [0.2, 0.25) is 0 Å². The fourth-order valence-electron chi connectivity index (χ4n) is 1.21. The van der Waals surface area contributed by atoms with Gasteiger partial charge in [-0.05, 0) is 23.7 Å². The molecule has 0 bridgehead atoms. The molecular weight excluding hydrogens is 240 g/mol. The molecule has 16 heavy (non-hydrogen) atoms. The average molecular weight is 245 g/mol. The van der Waals surface area contributed by atoms with Gasteiger partial charge >= 0.3 is 10.9 Å². The van der Waals surface area contributed by atoms with Crippen LogP contribution in [0.5, 0.6) is 0 Å². The van der Waals surface area contributed by atoms with Gasteiger partial charge in [0, 0.05) is 0 Å². The number of nitro groups is 2. The molecule has 0 spiro atoms. The number of carbonyl (C=O) groups is 1. The number of halogens is 1. The fraction of sp³-hybridized carbons (Fsp3) is 0.125. The van der Waals surface area contributed by atoms with Crippen LogP contribution in [0.15, 0.2) is 30.3 Å². The van der Waals surface area contributed by atoms with Gasteiger partial charge in [-0.2, -0.15) is 0 Å². The predicted octanol–water partition coefficient (Wildman–Crippen LogP) is 1.16. The highest BCUT2D eigenvalue weighted by molar-refractivity contribution is 6.65. The van der Waals surface area contributed by atoms with Crippen molar-refractivity contribution in [2.45, 2.75) is 5.66 Å². The molecule has 0 aliphatic rings. The summed E-state index contributed by atoms with van der Waals surface area (Å²) in [6, 6.07) is 6.40. The summed E-state index contributed by atoms with van der Waals surface area (Å²) in [5, 5.41) is 19.9. The molecule has 7 nitrogen and oxygen atoms in total. The zero-order valence-corrected chi connectivity index (χ0v) is 8.46. The Morgan fingerprint density at radius 1 is 1.12 bits per heavy atom. The van der Waals surface area contributed by atoms with Crippen molar-refractivity contribution in [3.05, 3.63) is 56.1 Å². The third-order valence-corrected chi connectivity index (χ3v) is 2.24. The summed E-state index contributed by atoms with van der Waals surface area (Å²) in [6.45, 7) is 0. The quantitative estimate of drug-likeness (QED) is 0.342. The summed E-state index contributed by atoms with van der Waals surface area (Å²) in [5.74, 6) is 0. The number of hydrogen-bond donors (Lipinski definition) is 0. The zero-order valence-electron chi connectivity index (χ0n) is 7.70. The minimum atomic E-state index is -3.14. The Hall–Kier alpha value is -2.02. The van der Waals surface area contributed by atoms with E-state index in [-0.39, 0.29) is 5.56 Å². The van der Waals surface area contributed by atoms with Crippen LogP contribution in [0.4, 0.5) is 0 Å². The van der Waals surface area contributed by atoms with Crippen molar-refractivity contribution in [3.8, 4) is 0 Å². The van der Waals surface area contributed by atoms with Crippen LogP contribution in [0.3, 0.4) is 0 Å². The molecule has 0 heterocycles. The van der Waals surface area contributed by atoms with Gasteiger partial charge in [0.1, 0.15) is 15.4 Å². The molecule has 1 rings (SSSR count). The SMILES string of the molecule is O=C(Cl)C(c1ccccc1)([N+](=O)[O-])[N+](=O)[O-]. The predicted molar refractivity (Wildman–Crippen MR) is 53.0 cm³/mol. The Balaban J connectivity index is 3.52. The molecule has 8 heteroatoms. The molecule has 0 aliphatic heterocycles. The summed E-state index contributed by atoms with van der Waals surface area (Å²) >= 11 is 5.00. The normalized spacial score (nSPS) is 10.8. The Labute approximate surface area is 93.9 Å². The van der Waals surface area contributed by atoms with E-state index in [2.05, 4.69) is 0 Å². The van der Waals surface area contributed by atoms with Crippen LogP contribution in [0, 0.1) is 20.2 Å². The van der Waals surface area contributed by atoms with Crippen molar-refractivity contribution in [3.63, 3.8) is 0 Å². The summed E-state index contributed by atoms with van der Waals surface area (Å²) in [6.07, 6.45) is 0. The fourth-order valence-corrected chi connectivity index (χ4v) is 1.45. The first-order chi connectivity index (χ1) is 7.44. The maximum Gasteiger partial charge on any atom is 0.556 e. The number of rotatable bonds is 4. The lowest BCUT2D eigenvalue weighted by Crippen LogP contribution is -2.48. The van der Waals surface area contributed by atoms with E-state index in [9.17, 15) is 25.0 Å². The minimum Gasteiger partial charge on any atom is -0.264 e. The first-order valence-corrected chi connectivity index (χ1v) is 4.36. The second kappa shape index (κ2) is 4.23. The summed E-state index contributed by atoms with van der Waals surface area (Å²) in [7, 11) is 0. The zero-order chi connectivity index (χ0) is 12.3. The van der Waals surface area contributed by atoms with Crippen LogP contribution in [-0.2, 0) is 10.5 Å². The maximum atomic E-state index is 11.0. The second-order valence-electron chi connectivity index (χ2n) is 2.83. The van der Waals surface area contributed by atoms with Gasteiger partial charge in [-0.1, -0.05) is 18.2 Å². The maximum absolute atomic E-state index is 11.0. The molecule has 1 aromatic carbocycles. The van der Waals surface area contributed by atoms with Crippen molar-refractivity contribution >= 4 is 16.8 Å². The van der Waals surface area contributed by atoms with E-state index >= 15 is 0 Å². The second-order valence-corrected chi connectivity index (χ2v) is 3.17. The van der Waals surface area contributed by atoms with Crippen LogP contribution in [-0.4, -0.2) is 15.1 Å². The van der Waals surface area contributed by atoms with E-state index in [4.69, 9.17) is 11.6 Å². The molecule has 0 aliphatic carbocycles. The molecule has 0 radical (unpaired) electrons. The lowest BCUT2D eigenvalue weighted by atomic mass is 10.0. The van der Waals surface area contributed by atoms with E-state index in [0.29, 0.717) is 0 Å². The van der Waals surface area contributed by atoms with Gasteiger partial charge in [0.25, 0.3) is 0 Å². The summed E-state index contributed by atoms with van der Waals surface area (Å²) < 4.78 is 0. The molecule has 0 unspecified atom stereocenters. The number of nitrogens with zero attached hydrogens (tertiary/aromatic N) is 2. The van der Waals surface area contributed by atoms with E-state index < -0.39 is 20.8 Å². The summed E-state index contributed by atoms with van der Waals surface area (Å²) in [4.78, 5) is 29.9. The largest absolute Gasteiger partial charge is 0.556 e. The van der Waals surface area contributed by atoms with Crippen LogP contribution in [0.2, 0.25) is 0 Å². The standard InChI is InChI=1S/C8H5ClN2O5/c9-7(12)8(10(13)14,11(15)16)6-4-2-1-3-5-6/h1-5H. The number of benzene rings is 1. The van der Waals surface area contributed by atoms with E-state index in [1.165, 1.54) is 18.2 Å². The van der Waals surface area contributed by atoms with Crippen molar-refractivity contribution in [1.82, 2.24) is 0 Å².